The predicted molar refractivity (Wildman–Crippen MR) is 110 cm³/mol. The molecule has 4 rings (SSSR count). The molecular weight excluding hydrogens is 422 g/mol. The van der Waals surface area contributed by atoms with E-state index >= 15 is 0 Å². The third-order valence-corrected chi connectivity index (χ3v) is 5.95. The van der Waals surface area contributed by atoms with Crippen LogP contribution in [0.2, 0.25) is 0 Å². The van der Waals surface area contributed by atoms with E-state index in [0.29, 0.717) is 0 Å². The molecule has 2 amide bonds. The maximum absolute atomic E-state index is 14.1. The van der Waals surface area contributed by atoms with Gasteiger partial charge in [0.05, 0.1) is 12.5 Å². The van der Waals surface area contributed by atoms with Crippen LogP contribution >= 0.6 is 0 Å². The van der Waals surface area contributed by atoms with Crippen LogP contribution in [0.1, 0.15) is 29.9 Å². The second-order valence-corrected chi connectivity index (χ2v) is 8.06. The topological polar surface area (TPSA) is 105 Å². The number of nitrogens with one attached hydrogen (secondary N) is 2. The molecule has 168 valence electrons. The number of fused-ring (bicyclic) bond motifs is 3. The Morgan fingerprint density at radius 1 is 1.00 bits per heavy atom. The number of carbonyl (C=O) groups is 3. The maximum Gasteiger partial charge on any atom is 0.407 e. The molecule has 0 heterocycles. The summed E-state index contributed by atoms with van der Waals surface area (Å²) >= 11 is 0. The Bertz CT molecular complexity index is 1010. The number of carboxylic acid groups (broad SMARTS) is 1. The van der Waals surface area contributed by atoms with Crippen LogP contribution < -0.4 is 10.6 Å². The third-order valence-electron chi connectivity index (χ3n) is 5.95. The molecule has 0 spiro atoms. The largest absolute Gasteiger partial charge is 0.481 e. The summed E-state index contributed by atoms with van der Waals surface area (Å²) in [6.45, 7) is -1.25. The van der Waals surface area contributed by atoms with Crippen molar-refractivity contribution < 1.29 is 33.0 Å². The second-order valence-electron chi connectivity index (χ2n) is 8.06. The zero-order valence-electron chi connectivity index (χ0n) is 17.0. The molecule has 3 N–H and O–H groups in total. The number of amides is 2. The zero-order valence-corrected chi connectivity index (χ0v) is 17.0. The molecule has 1 fully saturated rings. The van der Waals surface area contributed by atoms with E-state index in [1.807, 2.05) is 53.8 Å². The van der Waals surface area contributed by atoms with Crippen LogP contribution in [0.25, 0.3) is 11.1 Å². The minimum atomic E-state index is -3.85. The molecule has 2 aromatic carbocycles. The zero-order chi connectivity index (χ0) is 22.9. The van der Waals surface area contributed by atoms with Crippen LogP contribution in [0.15, 0.2) is 48.5 Å². The Morgan fingerprint density at radius 2 is 1.56 bits per heavy atom. The smallest absolute Gasteiger partial charge is 0.407 e. The average molecular weight is 444 g/mol. The van der Waals surface area contributed by atoms with Crippen molar-refractivity contribution in [3.63, 3.8) is 0 Å². The van der Waals surface area contributed by atoms with Gasteiger partial charge < -0.3 is 20.5 Å². The fourth-order valence-corrected chi connectivity index (χ4v) is 4.14. The van der Waals surface area contributed by atoms with Gasteiger partial charge in [-0.05, 0) is 35.1 Å². The summed E-state index contributed by atoms with van der Waals surface area (Å²) in [5, 5.41) is 12.9. The van der Waals surface area contributed by atoms with Crippen molar-refractivity contribution in [2.75, 3.05) is 13.2 Å². The van der Waals surface area contributed by atoms with Gasteiger partial charge in [-0.2, -0.15) is 8.78 Å². The lowest BCUT2D eigenvalue weighted by Gasteiger charge is -2.33. The van der Waals surface area contributed by atoms with Gasteiger partial charge in [0.15, 0.2) is 0 Å². The van der Waals surface area contributed by atoms with Crippen molar-refractivity contribution in [3.8, 4) is 11.1 Å². The molecule has 0 radical (unpaired) electrons. The fraction of sp³-hybridized carbons (Fsp3) is 0.348. The number of aliphatic carboxylic acids is 1. The third kappa shape index (κ3) is 4.28. The van der Waals surface area contributed by atoms with E-state index < -0.39 is 42.4 Å². The van der Waals surface area contributed by atoms with Crippen molar-refractivity contribution in [3.05, 3.63) is 59.7 Å². The molecule has 7 nitrogen and oxygen atoms in total. The monoisotopic (exact) mass is 444 g/mol. The Balaban J connectivity index is 1.28. The van der Waals surface area contributed by atoms with E-state index in [0.717, 1.165) is 22.3 Å². The quantitative estimate of drug-likeness (QED) is 0.609. The van der Waals surface area contributed by atoms with Crippen molar-refractivity contribution >= 4 is 18.0 Å². The molecule has 0 aromatic heterocycles. The van der Waals surface area contributed by atoms with Crippen LogP contribution in [0, 0.1) is 5.92 Å². The number of carboxylic acids is 1. The summed E-state index contributed by atoms with van der Waals surface area (Å²) < 4.78 is 33.4. The molecule has 0 atom stereocenters. The van der Waals surface area contributed by atoms with Crippen LogP contribution in [0.5, 0.6) is 0 Å². The van der Waals surface area contributed by atoms with Gasteiger partial charge in [-0.1, -0.05) is 48.5 Å². The maximum atomic E-state index is 14.1. The van der Waals surface area contributed by atoms with Crippen molar-refractivity contribution in [2.45, 2.75) is 30.7 Å². The normalized spacial score (nSPS) is 19.3. The van der Waals surface area contributed by atoms with Crippen molar-refractivity contribution in [2.24, 2.45) is 5.92 Å². The summed E-state index contributed by atoms with van der Waals surface area (Å²) in [5.41, 5.74) is 4.07. The minimum Gasteiger partial charge on any atom is -0.481 e. The molecule has 0 aliphatic heterocycles. The number of benzene rings is 2. The fourth-order valence-electron chi connectivity index (χ4n) is 4.14. The number of alkyl carbamates (subject to hydrolysis) is 1. The lowest BCUT2D eigenvalue weighted by Crippen LogP contribution is -2.54. The lowest BCUT2D eigenvalue weighted by atomic mass is 9.80. The van der Waals surface area contributed by atoms with Gasteiger partial charge in [-0.25, -0.2) is 4.79 Å². The Hall–Kier alpha value is -3.49. The highest BCUT2D eigenvalue weighted by Gasteiger charge is 2.43. The first-order valence-corrected chi connectivity index (χ1v) is 10.3. The summed E-state index contributed by atoms with van der Waals surface area (Å²) in [5.74, 6) is -7.25. The predicted octanol–water partition coefficient (Wildman–Crippen LogP) is 3.14. The van der Waals surface area contributed by atoms with Crippen molar-refractivity contribution in [1.29, 1.82) is 0 Å². The summed E-state index contributed by atoms with van der Waals surface area (Å²) in [6.07, 6.45) is -0.831. The molecule has 0 saturated heterocycles. The second kappa shape index (κ2) is 8.57. The van der Waals surface area contributed by atoms with Crippen LogP contribution in [-0.2, 0) is 14.3 Å². The number of halogens is 2. The summed E-state index contributed by atoms with van der Waals surface area (Å²) in [6, 6.07) is 14.8. The van der Waals surface area contributed by atoms with Gasteiger partial charge in [0.2, 0.25) is 0 Å². The number of ether oxygens (including phenoxy) is 1. The van der Waals surface area contributed by atoms with Crippen LogP contribution in [0.4, 0.5) is 13.6 Å². The highest BCUT2D eigenvalue weighted by atomic mass is 19.3. The van der Waals surface area contributed by atoms with E-state index in [-0.39, 0.29) is 25.4 Å². The van der Waals surface area contributed by atoms with Crippen LogP contribution in [0.3, 0.4) is 0 Å². The Kier molecular flexibility index (Phi) is 5.82. The van der Waals surface area contributed by atoms with Gasteiger partial charge in [0.25, 0.3) is 5.91 Å². The average Bonchev–Trinajstić information content (AvgIpc) is 3.06. The molecule has 32 heavy (non-hydrogen) atoms. The van der Waals surface area contributed by atoms with Gasteiger partial charge >= 0.3 is 18.0 Å². The first kappa shape index (κ1) is 21.7. The van der Waals surface area contributed by atoms with Crippen molar-refractivity contribution in [1.82, 2.24) is 10.6 Å². The number of hydrogen-bond acceptors (Lipinski definition) is 4. The van der Waals surface area contributed by atoms with E-state index in [2.05, 4.69) is 5.32 Å². The van der Waals surface area contributed by atoms with E-state index in [9.17, 15) is 23.2 Å². The lowest BCUT2D eigenvalue weighted by molar-refractivity contribution is -0.151. The molecule has 2 aliphatic carbocycles. The summed E-state index contributed by atoms with van der Waals surface area (Å²) in [7, 11) is 0. The Morgan fingerprint density at radius 3 is 2.12 bits per heavy atom. The molecule has 1 saturated carbocycles. The molecule has 2 aromatic rings. The van der Waals surface area contributed by atoms with Gasteiger partial charge in [-0.3, -0.25) is 9.59 Å². The van der Waals surface area contributed by atoms with Gasteiger partial charge in [0.1, 0.15) is 6.61 Å². The SMILES string of the molecule is O=C(NCC(F)(F)C(=O)NC1CC(C(=O)O)C1)OCC1c2ccccc2-c2ccccc21. The standard InChI is InChI=1S/C23H22F2N2O5/c24-23(25,21(30)27-14-9-13(10-14)20(28)29)12-26-22(31)32-11-19-17-7-3-1-5-15(17)16-6-2-4-8-18(16)19/h1-8,13-14,19H,9-12H2,(H,26,31)(H,27,30)(H,28,29). The minimum absolute atomic E-state index is 0.0315. The highest BCUT2D eigenvalue weighted by molar-refractivity contribution is 5.85. The van der Waals surface area contributed by atoms with E-state index in [4.69, 9.17) is 9.84 Å². The van der Waals surface area contributed by atoms with Crippen LogP contribution in [-0.4, -0.2) is 48.2 Å². The summed E-state index contributed by atoms with van der Waals surface area (Å²) in [4.78, 5) is 34.6. The van der Waals surface area contributed by atoms with Gasteiger partial charge in [0, 0.05) is 12.0 Å². The van der Waals surface area contributed by atoms with Gasteiger partial charge in [-0.15, -0.1) is 0 Å². The molecule has 0 bridgehead atoms. The first-order valence-electron chi connectivity index (χ1n) is 10.3. The number of carbonyl (C=O) groups excluding carboxylic acids is 2. The number of rotatable bonds is 7. The molecule has 0 unspecified atom stereocenters. The van der Waals surface area contributed by atoms with E-state index in [1.165, 1.54) is 0 Å². The number of hydrogen-bond donors (Lipinski definition) is 3. The van der Waals surface area contributed by atoms with E-state index in [1.54, 1.807) is 0 Å². The first-order chi connectivity index (χ1) is 15.3. The number of alkyl halides is 2. The molecule has 9 heteroatoms. The molecular formula is C23H22F2N2O5. The molecule has 2 aliphatic rings. The Labute approximate surface area is 182 Å². The highest BCUT2D eigenvalue weighted by Crippen LogP contribution is 2.44.